The molecule has 0 radical (unpaired) electrons. The van der Waals surface area contributed by atoms with E-state index in [1.807, 2.05) is 12.1 Å². The van der Waals surface area contributed by atoms with Crippen molar-refractivity contribution in [2.75, 3.05) is 32.5 Å². The fourth-order valence-electron chi connectivity index (χ4n) is 1.70. The molecule has 0 aromatic heterocycles. The number of benzene rings is 2. The lowest BCUT2D eigenvalue weighted by molar-refractivity contribution is 0.0370. The van der Waals surface area contributed by atoms with Gasteiger partial charge in [-0.2, -0.15) is 0 Å². The lowest BCUT2D eigenvalue weighted by atomic mass is 10.2. The monoisotopic (exact) mass is 380 g/mol. The van der Waals surface area contributed by atoms with Crippen molar-refractivity contribution in [2.24, 2.45) is 0 Å². The van der Waals surface area contributed by atoms with Gasteiger partial charge in [-0.05, 0) is 24.3 Å². The van der Waals surface area contributed by atoms with Crippen molar-refractivity contribution < 1.29 is 28.9 Å². The Morgan fingerprint density at radius 2 is 1.23 bits per heavy atom. The molecule has 0 aliphatic heterocycles. The van der Waals surface area contributed by atoms with E-state index in [1.165, 1.54) is 0 Å². The summed E-state index contributed by atoms with van der Waals surface area (Å²) in [5.74, 6) is -0.742. The number of rotatable bonds is 8. The van der Waals surface area contributed by atoms with Gasteiger partial charge in [0.25, 0.3) is 0 Å². The fourth-order valence-corrected chi connectivity index (χ4v) is 1.81. The number of hydrogen-bond acceptors (Lipinski definition) is 6. The van der Waals surface area contributed by atoms with Crippen molar-refractivity contribution >= 4 is 23.5 Å². The first-order chi connectivity index (χ1) is 12.7. The fraction of sp³-hybridized carbons (Fsp3) is 0.263. The van der Waals surface area contributed by atoms with Gasteiger partial charge < -0.3 is 19.3 Å². The first kappa shape index (κ1) is 21.6. The van der Waals surface area contributed by atoms with Crippen LogP contribution in [0.4, 0.5) is 0 Å². The van der Waals surface area contributed by atoms with Crippen molar-refractivity contribution in [3.05, 3.63) is 71.8 Å². The Bertz CT molecular complexity index is 633. The highest BCUT2D eigenvalue weighted by molar-refractivity contribution is 6.17. The van der Waals surface area contributed by atoms with Crippen LogP contribution < -0.4 is 0 Å². The van der Waals surface area contributed by atoms with Gasteiger partial charge in [-0.15, -0.1) is 0 Å². The maximum absolute atomic E-state index is 11.3. The maximum Gasteiger partial charge on any atom is 0.338 e. The summed E-state index contributed by atoms with van der Waals surface area (Å²) < 4.78 is 14.4. The standard InChI is InChI=1S/C10H11ClO3.C9H10O3/c11-8-13-6-7-14-10(12)9-4-2-1-3-5-9;10-6-7-12-9(11)8-4-2-1-3-5-8/h1-5H,6-8H2;1-5,10H,6-7H2. The molecule has 0 aliphatic rings. The van der Waals surface area contributed by atoms with Crippen LogP contribution in [-0.4, -0.2) is 49.5 Å². The summed E-state index contributed by atoms with van der Waals surface area (Å²) in [6.07, 6.45) is 0. The third-order valence-electron chi connectivity index (χ3n) is 2.88. The molecule has 0 heterocycles. The topological polar surface area (TPSA) is 82.1 Å². The first-order valence-electron chi connectivity index (χ1n) is 7.88. The molecule has 0 fully saturated rings. The van der Waals surface area contributed by atoms with Crippen molar-refractivity contribution in [3.63, 3.8) is 0 Å². The van der Waals surface area contributed by atoms with Gasteiger partial charge in [0.2, 0.25) is 0 Å². The van der Waals surface area contributed by atoms with Crippen molar-refractivity contribution in [1.29, 1.82) is 0 Å². The predicted octanol–water partition coefficient (Wildman–Crippen LogP) is 2.89. The highest BCUT2D eigenvalue weighted by Gasteiger charge is 2.05. The zero-order valence-corrected chi connectivity index (χ0v) is 14.9. The molecule has 0 spiro atoms. The molecule has 0 atom stereocenters. The molecule has 140 valence electrons. The van der Waals surface area contributed by atoms with E-state index in [-0.39, 0.29) is 31.9 Å². The first-order valence-corrected chi connectivity index (χ1v) is 8.41. The molecule has 0 saturated heterocycles. The van der Waals surface area contributed by atoms with E-state index < -0.39 is 5.97 Å². The number of carbonyl (C=O) groups is 2. The van der Waals surface area contributed by atoms with Gasteiger partial charge in [0, 0.05) is 0 Å². The smallest absolute Gasteiger partial charge is 0.338 e. The molecular formula is C19H21ClO6. The average molecular weight is 381 g/mol. The molecular weight excluding hydrogens is 360 g/mol. The Morgan fingerprint density at radius 1 is 0.769 bits per heavy atom. The zero-order valence-electron chi connectivity index (χ0n) is 14.2. The normalized spacial score (nSPS) is 9.62. The summed E-state index contributed by atoms with van der Waals surface area (Å²) in [7, 11) is 0. The molecule has 0 unspecified atom stereocenters. The van der Waals surface area contributed by atoms with E-state index in [0.29, 0.717) is 17.7 Å². The van der Waals surface area contributed by atoms with Gasteiger partial charge in [-0.25, -0.2) is 9.59 Å². The Morgan fingerprint density at radius 3 is 1.65 bits per heavy atom. The summed E-state index contributed by atoms with van der Waals surface area (Å²) in [6, 6.07) is 17.6. The number of aliphatic hydroxyl groups excluding tert-OH is 1. The number of halogens is 1. The minimum absolute atomic E-state index is 0.0493. The van der Waals surface area contributed by atoms with Crippen LogP contribution in [0.5, 0.6) is 0 Å². The largest absolute Gasteiger partial charge is 0.460 e. The Hall–Kier alpha value is -2.41. The van der Waals surface area contributed by atoms with E-state index in [9.17, 15) is 9.59 Å². The summed E-state index contributed by atoms with van der Waals surface area (Å²) >= 11 is 5.27. The molecule has 0 saturated carbocycles. The second kappa shape index (κ2) is 13.8. The van der Waals surface area contributed by atoms with E-state index in [0.717, 1.165) is 0 Å². The maximum atomic E-state index is 11.3. The molecule has 6 nitrogen and oxygen atoms in total. The van der Waals surface area contributed by atoms with Gasteiger partial charge in [0.15, 0.2) is 0 Å². The number of hydrogen-bond donors (Lipinski definition) is 1. The van der Waals surface area contributed by atoms with E-state index in [4.69, 9.17) is 26.2 Å². The number of aliphatic hydroxyl groups is 1. The molecule has 0 amide bonds. The summed E-state index contributed by atoms with van der Waals surface area (Å²) in [6.45, 7) is 0.453. The predicted molar refractivity (Wildman–Crippen MR) is 97.2 cm³/mol. The highest BCUT2D eigenvalue weighted by atomic mass is 35.5. The second-order valence-corrected chi connectivity index (χ2v) is 4.96. The summed E-state index contributed by atoms with van der Waals surface area (Å²) in [4.78, 5) is 22.4. The van der Waals surface area contributed by atoms with Crippen LogP contribution in [0.1, 0.15) is 20.7 Å². The van der Waals surface area contributed by atoms with Crippen LogP contribution in [0.25, 0.3) is 0 Å². The molecule has 2 aromatic carbocycles. The number of alkyl halides is 1. The third kappa shape index (κ3) is 9.17. The summed E-state index contributed by atoms with van der Waals surface area (Å²) in [5, 5.41) is 8.38. The van der Waals surface area contributed by atoms with Gasteiger partial charge in [0.05, 0.1) is 24.3 Å². The molecule has 26 heavy (non-hydrogen) atoms. The van der Waals surface area contributed by atoms with Crippen LogP contribution in [0.3, 0.4) is 0 Å². The lowest BCUT2D eigenvalue weighted by Gasteiger charge is -2.03. The number of carbonyl (C=O) groups excluding carboxylic acids is 2. The molecule has 7 heteroatoms. The van der Waals surface area contributed by atoms with Crippen LogP contribution in [-0.2, 0) is 14.2 Å². The molecule has 2 rings (SSSR count). The molecule has 2 aromatic rings. The van der Waals surface area contributed by atoms with Gasteiger partial charge >= 0.3 is 11.9 Å². The van der Waals surface area contributed by atoms with E-state index in [2.05, 4.69) is 4.74 Å². The minimum atomic E-state index is -0.398. The van der Waals surface area contributed by atoms with Crippen molar-refractivity contribution in [2.45, 2.75) is 0 Å². The summed E-state index contributed by atoms with van der Waals surface area (Å²) in [5.41, 5.74) is 1.05. The lowest BCUT2D eigenvalue weighted by Crippen LogP contribution is -2.10. The Labute approximate surface area is 157 Å². The van der Waals surface area contributed by atoms with Gasteiger partial charge in [-0.1, -0.05) is 48.0 Å². The number of ether oxygens (including phenoxy) is 3. The minimum Gasteiger partial charge on any atom is -0.460 e. The second-order valence-electron chi connectivity index (χ2n) is 4.74. The van der Waals surface area contributed by atoms with E-state index in [1.54, 1.807) is 48.5 Å². The molecule has 0 bridgehead atoms. The van der Waals surface area contributed by atoms with Crippen LogP contribution in [0.2, 0.25) is 0 Å². The Kier molecular flexibility index (Phi) is 11.5. The van der Waals surface area contributed by atoms with E-state index >= 15 is 0 Å². The third-order valence-corrected chi connectivity index (χ3v) is 3.04. The zero-order chi connectivity index (χ0) is 19.0. The molecule has 1 N–H and O–H groups in total. The SMILES string of the molecule is O=C(OCCO)c1ccccc1.O=C(OCCOCCl)c1ccccc1. The van der Waals surface area contributed by atoms with Gasteiger partial charge in [0.1, 0.15) is 19.3 Å². The quantitative estimate of drug-likeness (QED) is 0.431. The Balaban J connectivity index is 0.000000263. The van der Waals surface area contributed by atoms with Crippen molar-refractivity contribution in [1.82, 2.24) is 0 Å². The van der Waals surface area contributed by atoms with Crippen molar-refractivity contribution in [3.8, 4) is 0 Å². The number of esters is 2. The molecule has 0 aliphatic carbocycles. The van der Waals surface area contributed by atoms with Crippen LogP contribution >= 0.6 is 11.6 Å². The highest BCUT2D eigenvalue weighted by Crippen LogP contribution is 2.01. The van der Waals surface area contributed by atoms with Crippen LogP contribution in [0.15, 0.2) is 60.7 Å². The average Bonchev–Trinajstić information content (AvgIpc) is 2.71. The van der Waals surface area contributed by atoms with Gasteiger partial charge in [-0.3, -0.25) is 0 Å². The van der Waals surface area contributed by atoms with Crippen LogP contribution in [0, 0.1) is 0 Å².